The number of hydrogen-bond acceptors (Lipinski definition) is 2. The fourth-order valence-corrected chi connectivity index (χ4v) is 1.26. The first kappa shape index (κ1) is 11.3. The zero-order chi connectivity index (χ0) is 11.4. The first-order valence-electron chi connectivity index (χ1n) is 4.72. The van der Waals surface area contributed by atoms with Gasteiger partial charge in [-0.2, -0.15) is 0 Å². The lowest BCUT2D eigenvalue weighted by molar-refractivity contribution is -0.133. The molecule has 78 valence electrons. The zero-order valence-corrected chi connectivity index (χ0v) is 9.47. The maximum Gasteiger partial charge on any atom is 0.384 e. The van der Waals surface area contributed by atoms with Gasteiger partial charge < -0.3 is 4.74 Å². The van der Waals surface area contributed by atoms with Crippen molar-refractivity contribution >= 4 is 5.97 Å². The molecular formula is C13H14O2. The molecule has 1 aromatic rings. The molecule has 0 saturated carbocycles. The Bertz CT molecular complexity index is 448. The highest BCUT2D eigenvalue weighted by atomic mass is 16.5. The van der Waals surface area contributed by atoms with E-state index < -0.39 is 5.97 Å². The monoisotopic (exact) mass is 202 g/mol. The maximum atomic E-state index is 10.9. The third kappa shape index (κ3) is 2.85. The number of esters is 1. The third-order valence-corrected chi connectivity index (χ3v) is 2.33. The highest BCUT2D eigenvalue weighted by Gasteiger charge is 1.99. The van der Waals surface area contributed by atoms with Crippen LogP contribution in [0.2, 0.25) is 0 Å². The molecule has 1 aromatic carbocycles. The highest BCUT2D eigenvalue weighted by Crippen LogP contribution is 2.13. The molecule has 2 heteroatoms. The Morgan fingerprint density at radius 3 is 2.33 bits per heavy atom. The molecule has 0 saturated heterocycles. The number of rotatable bonds is 0. The van der Waals surface area contributed by atoms with Crippen molar-refractivity contribution in [3.8, 4) is 11.8 Å². The molecule has 0 aromatic heterocycles. The Morgan fingerprint density at radius 2 is 1.73 bits per heavy atom. The van der Waals surface area contributed by atoms with Crippen LogP contribution in [0.3, 0.4) is 0 Å². The van der Waals surface area contributed by atoms with Gasteiger partial charge in [0.1, 0.15) is 0 Å². The van der Waals surface area contributed by atoms with E-state index in [0.717, 1.165) is 11.1 Å². The van der Waals surface area contributed by atoms with Crippen molar-refractivity contribution in [3.05, 3.63) is 34.4 Å². The van der Waals surface area contributed by atoms with Crippen molar-refractivity contribution in [2.45, 2.75) is 20.8 Å². The predicted molar refractivity (Wildman–Crippen MR) is 59.5 cm³/mol. The Morgan fingerprint density at radius 1 is 1.13 bits per heavy atom. The van der Waals surface area contributed by atoms with Crippen LogP contribution in [-0.4, -0.2) is 13.1 Å². The number of hydrogen-bond donors (Lipinski definition) is 0. The fraction of sp³-hybridized carbons (Fsp3) is 0.308. The third-order valence-electron chi connectivity index (χ3n) is 2.33. The van der Waals surface area contributed by atoms with Crippen LogP contribution in [0.4, 0.5) is 0 Å². The van der Waals surface area contributed by atoms with Gasteiger partial charge in [-0.05, 0) is 43.5 Å². The molecule has 0 atom stereocenters. The molecule has 0 aliphatic heterocycles. The summed E-state index contributed by atoms with van der Waals surface area (Å²) >= 11 is 0. The molecule has 2 nitrogen and oxygen atoms in total. The summed E-state index contributed by atoms with van der Waals surface area (Å²) in [6.07, 6.45) is 0. The second kappa shape index (κ2) is 4.65. The van der Waals surface area contributed by atoms with Crippen molar-refractivity contribution in [2.75, 3.05) is 7.11 Å². The number of benzene rings is 1. The molecule has 0 radical (unpaired) electrons. The number of aryl methyl sites for hydroxylation is 3. The lowest BCUT2D eigenvalue weighted by Gasteiger charge is -2.03. The fourth-order valence-electron chi connectivity index (χ4n) is 1.26. The number of methoxy groups -OCH3 is 1. The second-order valence-corrected chi connectivity index (χ2v) is 3.49. The lowest BCUT2D eigenvalue weighted by Crippen LogP contribution is -1.95. The van der Waals surface area contributed by atoms with Gasteiger partial charge >= 0.3 is 5.97 Å². The summed E-state index contributed by atoms with van der Waals surface area (Å²) in [6.45, 7) is 6.06. The van der Waals surface area contributed by atoms with Crippen LogP contribution in [-0.2, 0) is 9.53 Å². The molecule has 0 N–H and O–H groups in total. The summed E-state index contributed by atoms with van der Waals surface area (Å²) in [5.41, 5.74) is 4.36. The molecule has 0 aliphatic carbocycles. The summed E-state index contributed by atoms with van der Waals surface area (Å²) in [7, 11) is 1.32. The van der Waals surface area contributed by atoms with E-state index in [9.17, 15) is 4.79 Å². The molecule has 15 heavy (non-hydrogen) atoms. The Balaban J connectivity index is 3.09. The summed E-state index contributed by atoms with van der Waals surface area (Å²) in [4.78, 5) is 10.9. The van der Waals surface area contributed by atoms with Gasteiger partial charge in [0.05, 0.1) is 7.11 Å². The first-order chi connectivity index (χ1) is 7.04. The van der Waals surface area contributed by atoms with Gasteiger partial charge in [0.15, 0.2) is 0 Å². The van der Waals surface area contributed by atoms with Crippen LogP contribution in [0.15, 0.2) is 12.1 Å². The molecule has 0 aliphatic rings. The number of carbonyl (C=O) groups excluding carboxylic acids is 1. The van der Waals surface area contributed by atoms with E-state index in [1.165, 1.54) is 18.2 Å². The summed E-state index contributed by atoms with van der Waals surface area (Å²) in [6, 6.07) is 4.05. The van der Waals surface area contributed by atoms with E-state index in [4.69, 9.17) is 0 Å². The number of carbonyl (C=O) groups is 1. The van der Waals surface area contributed by atoms with Crippen LogP contribution in [0.5, 0.6) is 0 Å². The predicted octanol–water partition coefficient (Wildman–Crippen LogP) is 2.14. The molecule has 0 bridgehead atoms. The van der Waals surface area contributed by atoms with E-state index in [1.54, 1.807) is 0 Å². The van der Waals surface area contributed by atoms with Crippen LogP contribution >= 0.6 is 0 Å². The molecule has 0 spiro atoms. The Labute approximate surface area is 90.3 Å². The van der Waals surface area contributed by atoms with E-state index in [2.05, 4.69) is 29.6 Å². The van der Waals surface area contributed by atoms with Gasteiger partial charge in [0.25, 0.3) is 0 Å². The van der Waals surface area contributed by atoms with Gasteiger partial charge in [0, 0.05) is 11.5 Å². The van der Waals surface area contributed by atoms with Crippen molar-refractivity contribution in [1.82, 2.24) is 0 Å². The molecular weight excluding hydrogens is 188 g/mol. The van der Waals surface area contributed by atoms with Gasteiger partial charge in [-0.3, -0.25) is 0 Å². The minimum atomic E-state index is -0.507. The molecule has 0 fully saturated rings. The molecule has 1 rings (SSSR count). The zero-order valence-electron chi connectivity index (χ0n) is 9.47. The normalized spacial score (nSPS) is 9.07. The van der Waals surface area contributed by atoms with Gasteiger partial charge in [-0.25, -0.2) is 4.79 Å². The topological polar surface area (TPSA) is 26.3 Å². The van der Waals surface area contributed by atoms with Crippen molar-refractivity contribution in [1.29, 1.82) is 0 Å². The summed E-state index contributed by atoms with van der Waals surface area (Å²) < 4.78 is 4.45. The summed E-state index contributed by atoms with van der Waals surface area (Å²) in [5, 5.41) is 0. The SMILES string of the molecule is COC(=O)C#Cc1cc(C)c(C)cc1C. The minimum absolute atomic E-state index is 0.507. The van der Waals surface area contributed by atoms with Crippen LogP contribution in [0.1, 0.15) is 22.3 Å². The van der Waals surface area contributed by atoms with Gasteiger partial charge in [0.2, 0.25) is 0 Å². The van der Waals surface area contributed by atoms with E-state index in [-0.39, 0.29) is 0 Å². The smallest absolute Gasteiger partial charge is 0.384 e. The standard InChI is InChI=1S/C13H14O2/c1-9-7-11(3)12(8-10(9)2)5-6-13(14)15-4/h7-8H,1-4H3. The molecule has 0 amide bonds. The number of ether oxygens (including phenoxy) is 1. The van der Waals surface area contributed by atoms with E-state index >= 15 is 0 Å². The minimum Gasteiger partial charge on any atom is -0.459 e. The molecule has 0 unspecified atom stereocenters. The van der Waals surface area contributed by atoms with Crippen LogP contribution in [0.25, 0.3) is 0 Å². The van der Waals surface area contributed by atoms with Crippen LogP contribution in [0, 0.1) is 32.6 Å². The lowest BCUT2D eigenvalue weighted by atomic mass is 10.0. The van der Waals surface area contributed by atoms with E-state index in [0.29, 0.717) is 0 Å². The maximum absolute atomic E-state index is 10.9. The average molecular weight is 202 g/mol. The summed E-state index contributed by atoms with van der Waals surface area (Å²) in [5.74, 6) is 4.73. The Kier molecular flexibility index (Phi) is 3.51. The quantitative estimate of drug-likeness (QED) is 0.476. The van der Waals surface area contributed by atoms with Gasteiger partial charge in [-0.1, -0.05) is 12.0 Å². The van der Waals surface area contributed by atoms with Crippen molar-refractivity contribution < 1.29 is 9.53 Å². The van der Waals surface area contributed by atoms with Crippen molar-refractivity contribution in [3.63, 3.8) is 0 Å². The first-order valence-corrected chi connectivity index (χ1v) is 4.72. The van der Waals surface area contributed by atoms with Crippen molar-refractivity contribution in [2.24, 2.45) is 0 Å². The average Bonchev–Trinajstić information content (AvgIpc) is 2.21. The highest BCUT2D eigenvalue weighted by molar-refractivity contribution is 5.89. The Hall–Kier alpha value is -1.75. The largest absolute Gasteiger partial charge is 0.459 e. The van der Waals surface area contributed by atoms with E-state index in [1.807, 2.05) is 19.9 Å². The van der Waals surface area contributed by atoms with Crippen LogP contribution < -0.4 is 0 Å². The molecule has 0 heterocycles. The second-order valence-electron chi connectivity index (χ2n) is 3.49. The van der Waals surface area contributed by atoms with Gasteiger partial charge in [-0.15, -0.1) is 0 Å².